The summed E-state index contributed by atoms with van der Waals surface area (Å²) in [6, 6.07) is 17.6. The summed E-state index contributed by atoms with van der Waals surface area (Å²) in [6.45, 7) is 9.38. The third kappa shape index (κ3) is 7.32. The van der Waals surface area contributed by atoms with Crippen LogP contribution in [0.5, 0.6) is 17.4 Å². The monoisotopic (exact) mass is 493 g/mol. The smallest absolute Gasteiger partial charge is 0.227 e. The summed E-state index contributed by atoms with van der Waals surface area (Å²) in [6.07, 6.45) is 1.94. The van der Waals surface area contributed by atoms with Crippen molar-refractivity contribution in [3.8, 4) is 23.1 Å². The molecule has 0 aliphatic heterocycles. The zero-order valence-corrected chi connectivity index (χ0v) is 21.9. The van der Waals surface area contributed by atoms with Crippen LogP contribution < -0.4 is 9.47 Å². The van der Waals surface area contributed by atoms with Gasteiger partial charge in [0.25, 0.3) is 0 Å². The lowest BCUT2D eigenvalue weighted by Crippen LogP contribution is -2.36. The predicted octanol–water partition coefficient (Wildman–Crippen LogP) is 5.23. The lowest BCUT2D eigenvalue weighted by atomic mass is 10.2. The van der Waals surface area contributed by atoms with E-state index in [-0.39, 0.29) is 0 Å². The highest BCUT2D eigenvalue weighted by Crippen LogP contribution is 2.34. The zero-order valence-electron chi connectivity index (χ0n) is 21.9. The normalized spacial score (nSPS) is 14.4. The molecule has 1 fully saturated rings. The molecule has 0 bridgehead atoms. The van der Waals surface area contributed by atoms with Gasteiger partial charge >= 0.3 is 0 Å². The number of methoxy groups -OCH3 is 1. The number of aryl methyl sites for hydroxylation is 1. The Morgan fingerprint density at radius 1 is 1.03 bits per heavy atom. The van der Waals surface area contributed by atoms with Crippen LogP contribution in [0.4, 0.5) is 0 Å². The highest BCUT2D eigenvalue weighted by atomic mass is 16.5. The van der Waals surface area contributed by atoms with Gasteiger partial charge < -0.3 is 19.3 Å². The molecule has 1 aromatic heterocycles. The number of aliphatic hydroxyl groups is 1. The van der Waals surface area contributed by atoms with E-state index in [1.807, 2.05) is 66.2 Å². The van der Waals surface area contributed by atoms with Crippen LogP contribution in [-0.4, -0.2) is 59.3 Å². The molecule has 7 heteroatoms. The van der Waals surface area contributed by atoms with Crippen LogP contribution >= 0.6 is 0 Å². The number of nitrogens with zero attached hydrogens (tertiary/aromatic N) is 3. The highest BCUT2D eigenvalue weighted by Gasteiger charge is 2.28. The van der Waals surface area contributed by atoms with Crippen molar-refractivity contribution in [1.29, 1.82) is 0 Å². The predicted molar refractivity (Wildman–Crippen MR) is 141 cm³/mol. The van der Waals surface area contributed by atoms with E-state index in [1.165, 1.54) is 12.8 Å². The number of hydrogen-bond donors (Lipinski definition) is 1. The van der Waals surface area contributed by atoms with Crippen LogP contribution in [-0.2, 0) is 11.3 Å². The number of aromatic nitrogens is 2. The fraction of sp³-hybridized carbons (Fsp3) is 0.483. The second-order valence-electron chi connectivity index (χ2n) is 10.1. The molecule has 0 amide bonds. The molecular formula is C29H39N3O4. The molecule has 1 aliphatic rings. The molecule has 4 rings (SSSR count). The fourth-order valence-corrected chi connectivity index (χ4v) is 4.21. The van der Waals surface area contributed by atoms with Crippen molar-refractivity contribution in [2.24, 2.45) is 11.8 Å². The summed E-state index contributed by atoms with van der Waals surface area (Å²) in [4.78, 5) is 2.32. The molecule has 1 atom stereocenters. The average Bonchev–Trinajstić information content (AvgIpc) is 3.64. The minimum absolute atomic E-state index is 0.344. The summed E-state index contributed by atoms with van der Waals surface area (Å²) in [5.41, 5.74) is 2.87. The van der Waals surface area contributed by atoms with Gasteiger partial charge in [-0.2, -0.15) is 5.10 Å². The van der Waals surface area contributed by atoms with Gasteiger partial charge in [0.2, 0.25) is 5.88 Å². The highest BCUT2D eigenvalue weighted by molar-refractivity contribution is 5.44. The number of aliphatic hydroxyl groups excluding tert-OH is 1. The van der Waals surface area contributed by atoms with E-state index in [0.29, 0.717) is 49.8 Å². The van der Waals surface area contributed by atoms with E-state index in [2.05, 4.69) is 18.7 Å². The van der Waals surface area contributed by atoms with E-state index >= 15 is 0 Å². The third-order valence-corrected chi connectivity index (χ3v) is 6.24. The van der Waals surface area contributed by atoms with E-state index < -0.39 is 6.10 Å². The van der Waals surface area contributed by atoms with Crippen molar-refractivity contribution in [3.05, 3.63) is 65.9 Å². The van der Waals surface area contributed by atoms with Gasteiger partial charge in [0.15, 0.2) is 0 Å². The number of benzene rings is 2. The molecule has 7 nitrogen and oxygen atoms in total. The topological polar surface area (TPSA) is 69.0 Å². The molecule has 0 radical (unpaired) electrons. The Morgan fingerprint density at radius 2 is 1.72 bits per heavy atom. The largest absolute Gasteiger partial charge is 0.497 e. The minimum Gasteiger partial charge on any atom is -0.497 e. The molecule has 0 saturated heterocycles. The quantitative estimate of drug-likeness (QED) is 0.332. The van der Waals surface area contributed by atoms with Gasteiger partial charge in [0.05, 0.1) is 36.8 Å². The molecule has 1 saturated carbocycles. The van der Waals surface area contributed by atoms with Crippen molar-refractivity contribution in [2.45, 2.75) is 46.3 Å². The van der Waals surface area contributed by atoms with E-state index in [9.17, 15) is 5.11 Å². The van der Waals surface area contributed by atoms with Crippen molar-refractivity contribution in [1.82, 2.24) is 14.7 Å². The van der Waals surface area contributed by atoms with Gasteiger partial charge in [-0.1, -0.05) is 32.0 Å². The average molecular weight is 494 g/mol. The third-order valence-electron chi connectivity index (χ3n) is 6.24. The molecule has 1 N–H and O–H groups in total. The molecule has 0 unspecified atom stereocenters. The van der Waals surface area contributed by atoms with Crippen LogP contribution in [0.1, 0.15) is 37.9 Å². The van der Waals surface area contributed by atoms with E-state index in [1.54, 1.807) is 7.11 Å². The first-order valence-electron chi connectivity index (χ1n) is 12.9. The minimum atomic E-state index is -0.544. The van der Waals surface area contributed by atoms with Crippen molar-refractivity contribution < 1.29 is 19.3 Å². The Bertz CT molecular complexity index is 1080. The van der Waals surface area contributed by atoms with Crippen LogP contribution in [0.15, 0.2) is 54.6 Å². The van der Waals surface area contributed by atoms with Crippen molar-refractivity contribution in [2.75, 3.05) is 33.4 Å². The number of para-hydroxylation sites is 1. The lowest BCUT2D eigenvalue weighted by molar-refractivity contribution is 0.00609. The molecule has 1 aliphatic carbocycles. The standard InChI is InChI=1S/C29H39N3O4/c1-21(2)19-35-20-25(33)17-31(16-23-10-11-23)18-28-22(3)30-32(24-8-6-5-7-9-24)29(28)36-27-14-12-26(34-4)13-15-27/h5-9,12-15,21,23,25,33H,10-11,16-20H2,1-4H3/t25-/m0/s1. The lowest BCUT2D eigenvalue weighted by Gasteiger charge is -2.25. The van der Waals surface area contributed by atoms with Crippen LogP contribution in [0, 0.1) is 18.8 Å². The van der Waals surface area contributed by atoms with Gasteiger partial charge in [-0.15, -0.1) is 0 Å². The van der Waals surface area contributed by atoms with Gasteiger partial charge in [-0.05, 0) is 68.0 Å². The van der Waals surface area contributed by atoms with Crippen LogP contribution in [0.2, 0.25) is 0 Å². The molecule has 1 heterocycles. The zero-order chi connectivity index (χ0) is 25.5. The molecular weight excluding hydrogens is 454 g/mol. The van der Waals surface area contributed by atoms with Gasteiger partial charge in [0, 0.05) is 26.2 Å². The summed E-state index contributed by atoms with van der Waals surface area (Å²) in [5, 5.41) is 15.6. The first kappa shape index (κ1) is 26.2. The first-order chi connectivity index (χ1) is 17.4. The summed E-state index contributed by atoms with van der Waals surface area (Å²) >= 11 is 0. The van der Waals surface area contributed by atoms with E-state index in [4.69, 9.17) is 19.3 Å². The maximum Gasteiger partial charge on any atom is 0.227 e. The Hall–Kier alpha value is -2.87. The van der Waals surface area contributed by atoms with Crippen LogP contribution in [0.25, 0.3) is 5.69 Å². The SMILES string of the molecule is COc1ccc(Oc2c(CN(CC3CC3)C[C@H](O)COCC(C)C)c(C)nn2-c2ccccc2)cc1. The number of ether oxygens (including phenoxy) is 3. The molecule has 36 heavy (non-hydrogen) atoms. The fourth-order valence-electron chi connectivity index (χ4n) is 4.21. The molecule has 0 spiro atoms. The summed E-state index contributed by atoms with van der Waals surface area (Å²) in [5.74, 6) is 3.31. The number of hydrogen-bond acceptors (Lipinski definition) is 6. The molecule has 3 aromatic rings. The maximum atomic E-state index is 10.7. The van der Waals surface area contributed by atoms with Gasteiger partial charge in [-0.25, -0.2) is 4.68 Å². The first-order valence-corrected chi connectivity index (χ1v) is 12.9. The van der Waals surface area contributed by atoms with Gasteiger partial charge in [-0.3, -0.25) is 4.90 Å². The Kier molecular flexibility index (Phi) is 9.02. The van der Waals surface area contributed by atoms with E-state index in [0.717, 1.165) is 29.2 Å². The Labute approximate surface area is 214 Å². The Morgan fingerprint density at radius 3 is 2.36 bits per heavy atom. The number of rotatable bonds is 14. The summed E-state index contributed by atoms with van der Waals surface area (Å²) < 4.78 is 19.3. The van der Waals surface area contributed by atoms with Gasteiger partial charge in [0.1, 0.15) is 11.5 Å². The molecule has 2 aromatic carbocycles. The van der Waals surface area contributed by atoms with Crippen molar-refractivity contribution >= 4 is 0 Å². The summed E-state index contributed by atoms with van der Waals surface area (Å²) in [7, 11) is 1.65. The van der Waals surface area contributed by atoms with Crippen molar-refractivity contribution in [3.63, 3.8) is 0 Å². The van der Waals surface area contributed by atoms with Crippen LogP contribution in [0.3, 0.4) is 0 Å². The molecule has 194 valence electrons. The second kappa shape index (κ2) is 12.4. The Balaban J connectivity index is 1.59. The maximum absolute atomic E-state index is 10.7. The second-order valence-corrected chi connectivity index (χ2v) is 10.1.